The third-order valence-corrected chi connectivity index (χ3v) is 2.37. The second kappa shape index (κ2) is 4.35. The Morgan fingerprint density at radius 3 is 2.87 bits per heavy atom. The van der Waals surface area contributed by atoms with E-state index < -0.39 is 0 Å². The lowest BCUT2D eigenvalue weighted by Gasteiger charge is -2.03. The highest BCUT2D eigenvalue weighted by molar-refractivity contribution is 9.10. The lowest BCUT2D eigenvalue weighted by Crippen LogP contribution is -2.22. The second-order valence-corrected chi connectivity index (χ2v) is 3.91. The third-order valence-electron chi connectivity index (χ3n) is 1.90. The lowest BCUT2D eigenvalue weighted by molar-refractivity contribution is 0.710. The molecule has 0 saturated heterocycles. The molecule has 5 heteroatoms. The molecule has 4 nitrogen and oxygen atoms in total. The molecule has 2 aromatic heterocycles. The summed E-state index contributed by atoms with van der Waals surface area (Å²) in [4.78, 5) is 19.1. The largest absolute Gasteiger partial charge is 0.347 e. The van der Waals surface area contributed by atoms with Crippen LogP contribution in [0.5, 0.6) is 0 Å². The van der Waals surface area contributed by atoms with Crippen molar-refractivity contribution in [3.05, 3.63) is 57.4 Å². The van der Waals surface area contributed by atoms with E-state index in [1.54, 1.807) is 18.5 Å². The van der Waals surface area contributed by atoms with Gasteiger partial charge in [-0.1, -0.05) is 0 Å². The molecule has 2 rings (SSSR count). The first-order valence-corrected chi connectivity index (χ1v) is 5.17. The fourth-order valence-corrected chi connectivity index (χ4v) is 1.42. The predicted octanol–water partition coefficient (Wildman–Crippen LogP) is 1.45. The summed E-state index contributed by atoms with van der Waals surface area (Å²) in [6, 6.07) is 5.48. The monoisotopic (exact) mass is 265 g/mol. The van der Waals surface area contributed by atoms with Gasteiger partial charge in [-0.25, -0.2) is 9.78 Å². The van der Waals surface area contributed by atoms with Crippen molar-refractivity contribution in [2.45, 2.75) is 6.54 Å². The molecule has 0 unspecified atom stereocenters. The van der Waals surface area contributed by atoms with Crippen molar-refractivity contribution < 1.29 is 0 Å². The van der Waals surface area contributed by atoms with Gasteiger partial charge in [-0.3, -0.25) is 9.55 Å². The van der Waals surface area contributed by atoms with Crippen LogP contribution in [0.1, 0.15) is 5.69 Å². The zero-order valence-electron chi connectivity index (χ0n) is 7.80. The first kappa shape index (κ1) is 10.0. The molecule has 2 heterocycles. The van der Waals surface area contributed by atoms with Crippen LogP contribution in [0.3, 0.4) is 0 Å². The van der Waals surface area contributed by atoms with Crippen molar-refractivity contribution >= 4 is 15.9 Å². The molecule has 2 aromatic rings. The van der Waals surface area contributed by atoms with Crippen LogP contribution in [0.25, 0.3) is 0 Å². The summed E-state index contributed by atoms with van der Waals surface area (Å²) in [7, 11) is 0. The molecular formula is C10H8BrN3O. The Hall–Kier alpha value is -1.49. The van der Waals surface area contributed by atoms with Crippen LogP contribution in [0.15, 0.2) is 46.1 Å². The minimum atomic E-state index is -0.262. The molecule has 0 saturated carbocycles. The summed E-state index contributed by atoms with van der Waals surface area (Å²) in [6.07, 6.45) is 4.88. The molecule has 0 fully saturated rings. The molecule has 0 amide bonds. The Labute approximate surface area is 94.8 Å². The van der Waals surface area contributed by atoms with E-state index in [0.29, 0.717) is 6.54 Å². The first-order chi connectivity index (χ1) is 7.25. The van der Waals surface area contributed by atoms with Gasteiger partial charge in [-0.15, -0.1) is 0 Å². The fourth-order valence-electron chi connectivity index (χ4n) is 1.18. The van der Waals surface area contributed by atoms with E-state index in [1.807, 2.05) is 12.1 Å². The van der Waals surface area contributed by atoms with Crippen LogP contribution >= 0.6 is 15.9 Å². The van der Waals surface area contributed by atoms with E-state index in [0.717, 1.165) is 10.2 Å². The van der Waals surface area contributed by atoms with Crippen LogP contribution in [0, 0.1) is 0 Å². The highest BCUT2D eigenvalue weighted by Gasteiger charge is 1.98. The summed E-state index contributed by atoms with van der Waals surface area (Å²) in [5.74, 6) is 0. The second-order valence-electron chi connectivity index (χ2n) is 3.00. The van der Waals surface area contributed by atoms with E-state index in [1.165, 1.54) is 10.8 Å². The summed E-state index contributed by atoms with van der Waals surface area (Å²) in [5.41, 5.74) is 0.565. The van der Waals surface area contributed by atoms with E-state index in [9.17, 15) is 4.79 Å². The maximum Gasteiger partial charge on any atom is 0.347 e. The standard InChI is InChI=1S/C10H8BrN3O/c11-8-2-3-9(13-6-8)7-14-5-1-4-12-10(14)15/h1-6H,7H2. The number of rotatable bonds is 2. The smallest absolute Gasteiger partial charge is 0.293 e. The average molecular weight is 266 g/mol. The van der Waals surface area contributed by atoms with Crippen LogP contribution in [-0.4, -0.2) is 14.5 Å². The van der Waals surface area contributed by atoms with Gasteiger partial charge in [0.05, 0.1) is 12.2 Å². The van der Waals surface area contributed by atoms with Gasteiger partial charge in [-0.2, -0.15) is 0 Å². The van der Waals surface area contributed by atoms with E-state index in [4.69, 9.17) is 0 Å². The van der Waals surface area contributed by atoms with Crippen molar-refractivity contribution in [3.63, 3.8) is 0 Å². The fraction of sp³-hybridized carbons (Fsp3) is 0.100. The number of nitrogens with zero attached hydrogens (tertiary/aromatic N) is 3. The summed E-state index contributed by atoms with van der Waals surface area (Å²) in [6.45, 7) is 0.444. The van der Waals surface area contributed by atoms with Crippen LogP contribution in [0.4, 0.5) is 0 Å². The SMILES string of the molecule is O=c1ncccn1Cc1ccc(Br)cn1. The number of pyridine rings is 1. The van der Waals surface area contributed by atoms with E-state index in [2.05, 4.69) is 25.9 Å². The van der Waals surface area contributed by atoms with Crippen LogP contribution < -0.4 is 5.69 Å². The summed E-state index contributed by atoms with van der Waals surface area (Å²) >= 11 is 3.30. The Morgan fingerprint density at radius 2 is 2.20 bits per heavy atom. The zero-order chi connectivity index (χ0) is 10.7. The van der Waals surface area contributed by atoms with E-state index in [-0.39, 0.29) is 5.69 Å². The molecule has 0 aromatic carbocycles. The zero-order valence-corrected chi connectivity index (χ0v) is 9.39. The van der Waals surface area contributed by atoms with Crippen LogP contribution in [-0.2, 0) is 6.54 Å². The highest BCUT2D eigenvalue weighted by atomic mass is 79.9. The molecule has 76 valence electrons. The molecule has 0 bridgehead atoms. The Bertz CT molecular complexity index is 507. The van der Waals surface area contributed by atoms with Crippen molar-refractivity contribution in [1.29, 1.82) is 0 Å². The molecule has 0 atom stereocenters. The van der Waals surface area contributed by atoms with Gasteiger partial charge in [0.2, 0.25) is 0 Å². The molecule has 15 heavy (non-hydrogen) atoms. The van der Waals surface area contributed by atoms with Gasteiger partial charge >= 0.3 is 5.69 Å². The Kier molecular flexibility index (Phi) is 2.91. The minimum Gasteiger partial charge on any atom is -0.293 e. The number of hydrogen-bond donors (Lipinski definition) is 0. The van der Waals surface area contributed by atoms with Crippen LogP contribution in [0.2, 0.25) is 0 Å². The molecule has 0 aliphatic carbocycles. The average Bonchev–Trinajstić information content (AvgIpc) is 2.25. The van der Waals surface area contributed by atoms with Gasteiger partial charge in [0.1, 0.15) is 0 Å². The van der Waals surface area contributed by atoms with E-state index >= 15 is 0 Å². The van der Waals surface area contributed by atoms with Crippen molar-refractivity contribution in [2.75, 3.05) is 0 Å². The van der Waals surface area contributed by atoms with Gasteiger partial charge < -0.3 is 0 Å². The molecular weight excluding hydrogens is 258 g/mol. The van der Waals surface area contributed by atoms with Crippen molar-refractivity contribution in [3.8, 4) is 0 Å². The van der Waals surface area contributed by atoms with Crippen molar-refractivity contribution in [2.24, 2.45) is 0 Å². The Morgan fingerprint density at radius 1 is 1.33 bits per heavy atom. The minimum absolute atomic E-state index is 0.262. The Balaban J connectivity index is 2.26. The predicted molar refractivity (Wildman–Crippen MR) is 59.5 cm³/mol. The summed E-state index contributed by atoms with van der Waals surface area (Å²) in [5, 5.41) is 0. The normalized spacial score (nSPS) is 10.2. The highest BCUT2D eigenvalue weighted by Crippen LogP contribution is 2.07. The van der Waals surface area contributed by atoms with Gasteiger partial charge in [0, 0.05) is 23.1 Å². The van der Waals surface area contributed by atoms with Gasteiger partial charge in [0.15, 0.2) is 0 Å². The number of halogens is 1. The maximum atomic E-state index is 11.3. The quantitative estimate of drug-likeness (QED) is 0.826. The maximum absolute atomic E-state index is 11.3. The van der Waals surface area contributed by atoms with Crippen molar-refractivity contribution in [1.82, 2.24) is 14.5 Å². The molecule has 0 radical (unpaired) electrons. The first-order valence-electron chi connectivity index (χ1n) is 4.37. The van der Waals surface area contributed by atoms with Gasteiger partial charge in [0.25, 0.3) is 0 Å². The number of hydrogen-bond acceptors (Lipinski definition) is 3. The number of aromatic nitrogens is 3. The third kappa shape index (κ3) is 2.50. The molecule has 0 N–H and O–H groups in total. The molecule has 0 aliphatic heterocycles. The summed E-state index contributed by atoms with van der Waals surface area (Å²) < 4.78 is 2.43. The molecule has 0 spiro atoms. The lowest BCUT2D eigenvalue weighted by atomic mass is 10.3. The molecule has 0 aliphatic rings. The van der Waals surface area contributed by atoms with Gasteiger partial charge in [-0.05, 0) is 34.1 Å². The topological polar surface area (TPSA) is 47.8 Å².